The van der Waals surface area contributed by atoms with Crippen molar-refractivity contribution < 1.29 is 4.79 Å². The Morgan fingerprint density at radius 3 is 2.74 bits per heavy atom. The molecular weight excluding hydrogens is 256 g/mol. The van der Waals surface area contributed by atoms with Crippen LogP contribution in [0.4, 0.5) is 0 Å². The second kappa shape index (κ2) is 7.65. The lowest BCUT2D eigenvalue weighted by Gasteiger charge is -2.23. The van der Waals surface area contributed by atoms with Gasteiger partial charge >= 0.3 is 0 Å². The molecule has 1 aromatic rings. The summed E-state index contributed by atoms with van der Waals surface area (Å²) in [5.41, 5.74) is 0.0139. The second-order valence-corrected chi connectivity index (χ2v) is 6.80. The molecule has 0 unspecified atom stereocenters. The molecule has 1 amide bonds. The van der Waals surface area contributed by atoms with Crippen LogP contribution in [0.5, 0.6) is 0 Å². The van der Waals surface area contributed by atoms with Gasteiger partial charge in [-0.1, -0.05) is 33.8 Å². The fourth-order valence-corrected chi connectivity index (χ4v) is 2.65. The van der Waals surface area contributed by atoms with Crippen molar-refractivity contribution in [2.45, 2.75) is 52.0 Å². The van der Waals surface area contributed by atoms with Crippen molar-refractivity contribution in [3.05, 3.63) is 22.4 Å². The Bertz CT molecular complexity index is 372. The average Bonchev–Trinajstić information content (AvgIpc) is 2.86. The van der Waals surface area contributed by atoms with Crippen molar-refractivity contribution >= 4 is 17.2 Å². The highest BCUT2D eigenvalue weighted by atomic mass is 32.1. The van der Waals surface area contributed by atoms with Gasteiger partial charge in [0, 0.05) is 29.3 Å². The lowest BCUT2D eigenvalue weighted by molar-refractivity contribution is -0.121. The highest BCUT2D eigenvalue weighted by molar-refractivity contribution is 7.10. The minimum Gasteiger partial charge on any atom is -0.355 e. The lowest BCUT2D eigenvalue weighted by Crippen LogP contribution is -2.36. The first-order valence-electron chi connectivity index (χ1n) is 6.96. The van der Waals surface area contributed by atoms with E-state index in [1.165, 1.54) is 4.88 Å². The van der Waals surface area contributed by atoms with E-state index in [0.29, 0.717) is 19.0 Å². The number of nitrogens with one attached hydrogen (secondary N) is 2. The van der Waals surface area contributed by atoms with Gasteiger partial charge < -0.3 is 10.6 Å². The zero-order valence-electron chi connectivity index (χ0n) is 12.5. The summed E-state index contributed by atoms with van der Waals surface area (Å²) in [6.07, 6.45) is 1.49. The Labute approximate surface area is 120 Å². The summed E-state index contributed by atoms with van der Waals surface area (Å²) in [5.74, 6) is 0.148. The third-order valence-corrected chi connectivity index (χ3v) is 4.28. The van der Waals surface area contributed by atoms with Gasteiger partial charge in [0.2, 0.25) is 5.91 Å². The van der Waals surface area contributed by atoms with E-state index in [9.17, 15) is 4.79 Å². The average molecular weight is 282 g/mol. The van der Waals surface area contributed by atoms with Crippen LogP contribution < -0.4 is 10.6 Å². The molecule has 0 radical (unpaired) electrons. The molecule has 0 saturated carbocycles. The molecule has 108 valence electrons. The molecule has 0 aliphatic heterocycles. The van der Waals surface area contributed by atoms with Crippen LogP contribution in [0.2, 0.25) is 0 Å². The van der Waals surface area contributed by atoms with Crippen LogP contribution in [-0.2, 0) is 10.2 Å². The maximum Gasteiger partial charge on any atom is 0.220 e. The highest BCUT2D eigenvalue weighted by Gasteiger charge is 2.22. The van der Waals surface area contributed by atoms with Crippen molar-refractivity contribution in [1.82, 2.24) is 10.6 Å². The molecule has 0 spiro atoms. The SMILES string of the molecule is CC(C)NCCCC(=O)NCC(C)(C)c1cccs1. The van der Waals surface area contributed by atoms with Gasteiger partial charge in [-0.2, -0.15) is 0 Å². The Hall–Kier alpha value is -0.870. The standard InChI is InChI=1S/C15H26N2OS/c1-12(2)16-9-5-8-14(18)17-11-15(3,4)13-7-6-10-19-13/h6-7,10,12,16H,5,8-9,11H2,1-4H3,(H,17,18). The Kier molecular flexibility index (Phi) is 6.52. The summed E-state index contributed by atoms with van der Waals surface area (Å²) in [6.45, 7) is 10.2. The van der Waals surface area contributed by atoms with Crippen LogP contribution in [0.15, 0.2) is 17.5 Å². The van der Waals surface area contributed by atoms with Crippen LogP contribution in [0.1, 0.15) is 45.4 Å². The molecule has 1 aromatic heterocycles. The minimum absolute atomic E-state index is 0.0139. The molecule has 2 N–H and O–H groups in total. The van der Waals surface area contributed by atoms with E-state index < -0.39 is 0 Å². The fraction of sp³-hybridized carbons (Fsp3) is 0.667. The summed E-state index contributed by atoms with van der Waals surface area (Å²) < 4.78 is 0. The quantitative estimate of drug-likeness (QED) is 0.720. The molecule has 0 saturated heterocycles. The van der Waals surface area contributed by atoms with Gasteiger partial charge in [-0.15, -0.1) is 11.3 Å². The first kappa shape index (κ1) is 16.2. The van der Waals surface area contributed by atoms with Crippen molar-refractivity contribution in [2.24, 2.45) is 0 Å². The van der Waals surface area contributed by atoms with Crippen LogP contribution in [0.3, 0.4) is 0 Å². The smallest absolute Gasteiger partial charge is 0.220 e. The number of amides is 1. The Balaban J connectivity index is 2.23. The molecule has 19 heavy (non-hydrogen) atoms. The van der Waals surface area contributed by atoms with Gasteiger partial charge in [-0.25, -0.2) is 0 Å². The van der Waals surface area contributed by atoms with E-state index in [1.54, 1.807) is 11.3 Å². The van der Waals surface area contributed by atoms with Crippen molar-refractivity contribution in [1.29, 1.82) is 0 Å². The topological polar surface area (TPSA) is 41.1 Å². The predicted octanol–water partition coefficient (Wildman–Crippen LogP) is 2.92. The molecule has 4 heteroatoms. The molecular formula is C15H26N2OS. The van der Waals surface area contributed by atoms with Crippen molar-refractivity contribution in [2.75, 3.05) is 13.1 Å². The molecule has 0 aliphatic rings. The monoisotopic (exact) mass is 282 g/mol. The van der Waals surface area contributed by atoms with Crippen LogP contribution in [0, 0.1) is 0 Å². The molecule has 1 heterocycles. The molecule has 0 bridgehead atoms. The lowest BCUT2D eigenvalue weighted by atomic mass is 9.91. The summed E-state index contributed by atoms with van der Waals surface area (Å²) in [6, 6.07) is 4.67. The van der Waals surface area contributed by atoms with Crippen LogP contribution >= 0.6 is 11.3 Å². The molecule has 0 aromatic carbocycles. The normalized spacial score (nSPS) is 11.8. The number of hydrogen-bond acceptors (Lipinski definition) is 3. The van der Waals surface area contributed by atoms with E-state index >= 15 is 0 Å². The van der Waals surface area contributed by atoms with Gasteiger partial charge in [0.05, 0.1) is 0 Å². The largest absolute Gasteiger partial charge is 0.355 e. The van der Waals surface area contributed by atoms with Gasteiger partial charge in [0.15, 0.2) is 0 Å². The van der Waals surface area contributed by atoms with Gasteiger partial charge in [0.1, 0.15) is 0 Å². The molecule has 0 atom stereocenters. The third kappa shape index (κ3) is 6.21. The molecule has 1 rings (SSSR count). The zero-order chi connectivity index (χ0) is 14.3. The minimum atomic E-state index is 0.0139. The summed E-state index contributed by atoms with van der Waals surface area (Å²) in [5, 5.41) is 8.44. The van der Waals surface area contributed by atoms with Gasteiger partial charge in [-0.05, 0) is 24.4 Å². The number of carbonyl (C=O) groups is 1. The number of carbonyl (C=O) groups excluding carboxylic acids is 1. The summed E-state index contributed by atoms with van der Waals surface area (Å²) >= 11 is 1.74. The molecule has 0 aliphatic carbocycles. The van der Waals surface area contributed by atoms with E-state index in [0.717, 1.165) is 13.0 Å². The van der Waals surface area contributed by atoms with E-state index in [4.69, 9.17) is 0 Å². The third-order valence-electron chi connectivity index (χ3n) is 3.05. The Morgan fingerprint density at radius 1 is 1.42 bits per heavy atom. The number of rotatable bonds is 8. The number of hydrogen-bond donors (Lipinski definition) is 2. The van der Waals surface area contributed by atoms with Crippen molar-refractivity contribution in [3.63, 3.8) is 0 Å². The van der Waals surface area contributed by atoms with Gasteiger partial charge in [-0.3, -0.25) is 4.79 Å². The van der Waals surface area contributed by atoms with Crippen LogP contribution in [-0.4, -0.2) is 25.0 Å². The van der Waals surface area contributed by atoms with E-state index in [2.05, 4.69) is 55.8 Å². The zero-order valence-corrected chi connectivity index (χ0v) is 13.3. The predicted molar refractivity (Wildman–Crippen MR) is 82.7 cm³/mol. The molecule has 3 nitrogen and oxygen atoms in total. The highest BCUT2D eigenvalue weighted by Crippen LogP contribution is 2.26. The first-order valence-corrected chi connectivity index (χ1v) is 7.84. The fourth-order valence-electron chi connectivity index (χ4n) is 1.80. The maximum atomic E-state index is 11.8. The van der Waals surface area contributed by atoms with Crippen LogP contribution in [0.25, 0.3) is 0 Å². The van der Waals surface area contributed by atoms with Crippen molar-refractivity contribution in [3.8, 4) is 0 Å². The summed E-state index contributed by atoms with van der Waals surface area (Å²) in [7, 11) is 0. The Morgan fingerprint density at radius 2 is 2.16 bits per heavy atom. The number of thiophene rings is 1. The summed E-state index contributed by atoms with van der Waals surface area (Å²) in [4.78, 5) is 13.1. The van der Waals surface area contributed by atoms with E-state index in [1.807, 2.05) is 0 Å². The maximum absolute atomic E-state index is 11.8. The van der Waals surface area contributed by atoms with Gasteiger partial charge in [0.25, 0.3) is 0 Å². The second-order valence-electron chi connectivity index (χ2n) is 5.85. The molecule has 0 fully saturated rings. The van der Waals surface area contributed by atoms with E-state index in [-0.39, 0.29) is 11.3 Å². The first-order chi connectivity index (χ1) is 8.92.